The Labute approximate surface area is 98.4 Å². The maximum Gasteiger partial charge on any atom is 0.231 e. The molecule has 0 spiro atoms. The molecule has 2 aromatic rings. The van der Waals surface area contributed by atoms with Gasteiger partial charge in [-0.05, 0) is 17.9 Å². The molecule has 0 bridgehead atoms. The van der Waals surface area contributed by atoms with Crippen molar-refractivity contribution in [2.75, 3.05) is 0 Å². The average molecular weight is 235 g/mol. The molecule has 0 amide bonds. The number of benzene rings is 1. The molecule has 1 saturated carbocycles. The van der Waals surface area contributed by atoms with Crippen LogP contribution in [-0.2, 0) is 5.88 Å². The van der Waals surface area contributed by atoms with E-state index in [2.05, 4.69) is 34.5 Å². The van der Waals surface area contributed by atoms with Gasteiger partial charge in [-0.3, -0.25) is 0 Å². The highest BCUT2D eigenvalue weighted by Crippen LogP contribution is 2.53. The molecule has 3 nitrogen and oxygen atoms in total. The molecule has 0 radical (unpaired) electrons. The molecule has 82 valence electrons. The number of hydrogen-bond donors (Lipinski definition) is 0. The molecule has 2 unspecified atom stereocenters. The Morgan fingerprint density at radius 3 is 2.69 bits per heavy atom. The Balaban J connectivity index is 1.76. The molecule has 1 aromatic heterocycles. The van der Waals surface area contributed by atoms with Gasteiger partial charge in [0.05, 0.1) is 0 Å². The number of aromatic nitrogens is 2. The summed E-state index contributed by atoms with van der Waals surface area (Å²) in [6.45, 7) is 0. The lowest BCUT2D eigenvalue weighted by Crippen LogP contribution is -1.84. The lowest BCUT2D eigenvalue weighted by molar-refractivity contribution is 0.463. The van der Waals surface area contributed by atoms with E-state index >= 15 is 0 Å². The molecular formula is C12H11ClN2O. The van der Waals surface area contributed by atoms with Gasteiger partial charge >= 0.3 is 0 Å². The summed E-state index contributed by atoms with van der Waals surface area (Å²) in [4.78, 5) is 0. The zero-order chi connectivity index (χ0) is 11.0. The first kappa shape index (κ1) is 9.85. The predicted octanol–water partition coefficient (Wildman–Crippen LogP) is 3.08. The third-order valence-electron chi connectivity index (χ3n) is 2.93. The molecule has 0 saturated heterocycles. The molecule has 1 fully saturated rings. The zero-order valence-electron chi connectivity index (χ0n) is 8.64. The molecule has 0 N–H and O–H groups in total. The van der Waals surface area contributed by atoms with Crippen LogP contribution in [0.5, 0.6) is 0 Å². The maximum atomic E-state index is 5.62. The van der Waals surface area contributed by atoms with E-state index in [1.54, 1.807) is 0 Å². The summed E-state index contributed by atoms with van der Waals surface area (Å²) < 4.78 is 5.45. The van der Waals surface area contributed by atoms with E-state index in [0.717, 1.165) is 12.3 Å². The fourth-order valence-corrected chi connectivity index (χ4v) is 2.11. The van der Waals surface area contributed by atoms with E-state index in [4.69, 9.17) is 16.0 Å². The standard InChI is InChI=1S/C12H11ClN2O/c13-7-11-14-15-12(16-11)10-6-9(10)8-4-2-1-3-5-8/h1-5,9-10H,6-7H2. The van der Waals surface area contributed by atoms with Gasteiger partial charge in [0.25, 0.3) is 0 Å². The van der Waals surface area contributed by atoms with Gasteiger partial charge in [-0.1, -0.05) is 30.3 Å². The SMILES string of the molecule is ClCc1nnc(C2CC2c2ccccc2)o1. The first-order valence-corrected chi connectivity index (χ1v) is 5.85. The van der Waals surface area contributed by atoms with Crippen LogP contribution in [0.3, 0.4) is 0 Å². The van der Waals surface area contributed by atoms with E-state index in [1.807, 2.05) is 6.07 Å². The topological polar surface area (TPSA) is 38.9 Å². The Morgan fingerprint density at radius 2 is 2.00 bits per heavy atom. The van der Waals surface area contributed by atoms with Crippen LogP contribution >= 0.6 is 11.6 Å². The number of hydrogen-bond acceptors (Lipinski definition) is 3. The minimum atomic E-state index is 0.287. The van der Waals surface area contributed by atoms with E-state index in [0.29, 0.717) is 17.7 Å². The fraction of sp³-hybridized carbons (Fsp3) is 0.333. The van der Waals surface area contributed by atoms with Crippen molar-refractivity contribution in [2.24, 2.45) is 0 Å². The minimum Gasteiger partial charge on any atom is -0.424 e. The van der Waals surface area contributed by atoms with Crippen molar-refractivity contribution in [1.29, 1.82) is 0 Å². The summed E-state index contributed by atoms with van der Waals surface area (Å²) in [5, 5.41) is 7.90. The van der Waals surface area contributed by atoms with Crippen LogP contribution in [0.2, 0.25) is 0 Å². The maximum absolute atomic E-state index is 5.62. The Morgan fingerprint density at radius 1 is 1.19 bits per heavy atom. The summed E-state index contributed by atoms with van der Waals surface area (Å²) in [6, 6.07) is 10.4. The molecule has 1 heterocycles. The first-order chi connectivity index (χ1) is 7.88. The average Bonchev–Trinajstić information content (AvgIpc) is 3.01. The lowest BCUT2D eigenvalue weighted by Gasteiger charge is -1.96. The van der Waals surface area contributed by atoms with Crippen molar-refractivity contribution >= 4 is 11.6 Å². The van der Waals surface area contributed by atoms with Gasteiger partial charge in [0, 0.05) is 5.92 Å². The summed E-state index contributed by atoms with van der Waals surface area (Å²) in [6.07, 6.45) is 1.09. The van der Waals surface area contributed by atoms with Crippen LogP contribution in [0.4, 0.5) is 0 Å². The van der Waals surface area contributed by atoms with Crippen LogP contribution in [0.15, 0.2) is 34.7 Å². The normalized spacial score (nSPS) is 23.3. The summed E-state index contributed by atoms with van der Waals surface area (Å²) in [5.41, 5.74) is 1.35. The molecule has 2 atom stereocenters. The van der Waals surface area contributed by atoms with Crippen LogP contribution in [0.25, 0.3) is 0 Å². The molecule has 4 heteroatoms. The first-order valence-electron chi connectivity index (χ1n) is 5.31. The number of rotatable bonds is 3. The van der Waals surface area contributed by atoms with Gasteiger partial charge in [-0.15, -0.1) is 21.8 Å². The Hall–Kier alpha value is -1.35. The Bertz CT molecular complexity index is 483. The molecule has 1 aliphatic rings. The van der Waals surface area contributed by atoms with Crippen molar-refractivity contribution in [1.82, 2.24) is 10.2 Å². The van der Waals surface area contributed by atoms with E-state index < -0.39 is 0 Å². The van der Waals surface area contributed by atoms with E-state index in [9.17, 15) is 0 Å². The highest BCUT2D eigenvalue weighted by atomic mass is 35.5. The van der Waals surface area contributed by atoms with Crippen LogP contribution in [0.1, 0.15) is 35.6 Å². The molecule has 1 aromatic carbocycles. The van der Waals surface area contributed by atoms with Crippen LogP contribution in [-0.4, -0.2) is 10.2 Å². The molecule has 16 heavy (non-hydrogen) atoms. The fourth-order valence-electron chi connectivity index (χ4n) is 2.01. The zero-order valence-corrected chi connectivity index (χ0v) is 9.39. The second-order valence-electron chi connectivity index (χ2n) is 4.03. The molecule has 0 aliphatic heterocycles. The minimum absolute atomic E-state index is 0.287. The molecule has 3 rings (SSSR count). The lowest BCUT2D eigenvalue weighted by atomic mass is 10.1. The van der Waals surface area contributed by atoms with Crippen molar-refractivity contribution in [3.05, 3.63) is 47.7 Å². The molecular weight excluding hydrogens is 224 g/mol. The summed E-state index contributed by atoms with van der Waals surface area (Å²) >= 11 is 5.62. The largest absolute Gasteiger partial charge is 0.424 e. The van der Waals surface area contributed by atoms with E-state index in [-0.39, 0.29) is 5.88 Å². The quantitative estimate of drug-likeness (QED) is 0.766. The predicted molar refractivity (Wildman–Crippen MR) is 60.4 cm³/mol. The van der Waals surface area contributed by atoms with Gasteiger partial charge in [0.2, 0.25) is 11.8 Å². The van der Waals surface area contributed by atoms with Crippen molar-refractivity contribution in [3.63, 3.8) is 0 Å². The van der Waals surface area contributed by atoms with Gasteiger partial charge in [0.15, 0.2) is 0 Å². The monoisotopic (exact) mass is 234 g/mol. The smallest absolute Gasteiger partial charge is 0.231 e. The summed E-state index contributed by atoms with van der Waals surface area (Å²) in [7, 11) is 0. The van der Waals surface area contributed by atoms with Crippen molar-refractivity contribution in [3.8, 4) is 0 Å². The van der Waals surface area contributed by atoms with Gasteiger partial charge in [0.1, 0.15) is 5.88 Å². The molecule has 1 aliphatic carbocycles. The number of nitrogens with zero attached hydrogens (tertiary/aromatic N) is 2. The van der Waals surface area contributed by atoms with Crippen LogP contribution in [0, 0.1) is 0 Å². The van der Waals surface area contributed by atoms with Crippen molar-refractivity contribution in [2.45, 2.75) is 24.1 Å². The summed E-state index contributed by atoms with van der Waals surface area (Å²) in [5.74, 6) is 2.44. The van der Waals surface area contributed by atoms with Gasteiger partial charge in [-0.2, -0.15) is 0 Å². The number of alkyl halides is 1. The third kappa shape index (κ3) is 1.71. The number of halogens is 1. The van der Waals surface area contributed by atoms with Crippen LogP contribution < -0.4 is 0 Å². The Kier molecular flexibility index (Phi) is 2.40. The van der Waals surface area contributed by atoms with Gasteiger partial charge in [-0.25, -0.2) is 0 Å². The second-order valence-corrected chi connectivity index (χ2v) is 4.29. The highest BCUT2D eigenvalue weighted by Gasteiger charge is 2.43. The highest BCUT2D eigenvalue weighted by molar-refractivity contribution is 6.16. The van der Waals surface area contributed by atoms with Gasteiger partial charge < -0.3 is 4.42 Å². The third-order valence-corrected chi connectivity index (χ3v) is 3.16. The van der Waals surface area contributed by atoms with Crippen molar-refractivity contribution < 1.29 is 4.42 Å². The second kappa shape index (κ2) is 3.91. The van der Waals surface area contributed by atoms with E-state index in [1.165, 1.54) is 5.56 Å².